The van der Waals surface area contributed by atoms with Gasteiger partial charge >= 0.3 is 12.1 Å². The zero-order valence-electron chi connectivity index (χ0n) is 22.6. The van der Waals surface area contributed by atoms with Crippen molar-refractivity contribution in [3.8, 4) is 23.0 Å². The molecule has 0 saturated carbocycles. The zero-order valence-corrected chi connectivity index (χ0v) is 22.6. The number of carbonyl (C=O) groups is 2. The maximum Gasteiger partial charge on any atom is 0.326 e. The molecule has 3 N–H and O–H groups in total. The topological polar surface area (TPSA) is 101 Å². The van der Waals surface area contributed by atoms with Crippen LogP contribution in [0.1, 0.15) is 5.56 Å². The second-order valence-corrected chi connectivity index (χ2v) is 8.81. The normalized spacial score (nSPS) is 10.3. The van der Waals surface area contributed by atoms with Crippen LogP contribution in [0.15, 0.2) is 97.1 Å². The lowest BCUT2D eigenvalue weighted by Crippen LogP contribution is -2.42. The number of methoxy groups -OCH3 is 2. The Hall–Kier alpha value is -5.18. The highest BCUT2D eigenvalue weighted by Crippen LogP contribution is 2.29. The second kappa shape index (κ2) is 13.6. The van der Waals surface area contributed by atoms with E-state index in [1.54, 1.807) is 54.5 Å². The number of rotatable bonds is 10. The minimum atomic E-state index is -0.436. The van der Waals surface area contributed by atoms with Crippen molar-refractivity contribution in [2.24, 2.45) is 0 Å². The number of amides is 4. The summed E-state index contributed by atoms with van der Waals surface area (Å²) < 4.78 is 16.4. The van der Waals surface area contributed by atoms with E-state index in [-0.39, 0.29) is 19.1 Å². The van der Waals surface area contributed by atoms with Crippen molar-refractivity contribution < 1.29 is 23.8 Å². The first-order valence-corrected chi connectivity index (χ1v) is 12.7. The first-order chi connectivity index (χ1) is 19.4. The number of carbonyl (C=O) groups excluding carboxylic acids is 2. The molecule has 4 aromatic rings. The third-order valence-corrected chi connectivity index (χ3v) is 5.92. The van der Waals surface area contributed by atoms with Crippen LogP contribution in [0.3, 0.4) is 0 Å². The summed E-state index contributed by atoms with van der Waals surface area (Å²) in [5.41, 5.74) is 2.84. The number of ether oxygens (including phenoxy) is 3. The van der Waals surface area contributed by atoms with Gasteiger partial charge in [-0.2, -0.15) is 0 Å². The highest BCUT2D eigenvalue weighted by molar-refractivity contribution is 6.02. The Morgan fingerprint density at radius 1 is 0.750 bits per heavy atom. The van der Waals surface area contributed by atoms with Crippen LogP contribution in [0.2, 0.25) is 0 Å². The van der Waals surface area contributed by atoms with E-state index >= 15 is 0 Å². The molecule has 0 radical (unpaired) electrons. The summed E-state index contributed by atoms with van der Waals surface area (Å²) in [6.45, 7) is 2.36. The van der Waals surface area contributed by atoms with E-state index in [2.05, 4.69) is 16.0 Å². The third kappa shape index (κ3) is 7.67. The minimum Gasteiger partial charge on any atom is -0.497 e. The van der Waals surface area contributed by atoms with Crippen LogP contribution in [0, 0.1) is 6.92 Å². The van der Waals surface area contributed by atoms with Gasteiger partial charge in [0.15, 0.2) is 0 Å². The predicted molar refractivity (Wildman–Crippen MR) is 157 cm³/mol. The Morgan fingerprint density at radius 3 is 2.17 bits per heavy atom. The lowest BCUT2D eigenvalue weighted by Gasteiger charge is -2.24. The summed E-state index contributed by atoms with van der Waals surface area (Å²) in [4.78, 5) is 27.5. The van der Waals surface area contributed by atoms with Crippen molar-refractivity contribution in [1.29, 1.82) is 0 Å². The van der Waals surface area contributed by atoms with Crippen molar-refractivity contribution in [2.45, 2.75) is 6.92 Å². The highest BCUT2D eigenvalue weighted by atomic mass is 16.5. The van der Waals surface area contributed by atoms with Gasteiger partial charge in [0.2, 0.25) is 0 Å². The summed E-state index contributed by atoms with van der Waals surface area (Å²) in [6, 6.07) is 28.5. The van der Waals surface area contributed by atoms with Crippen molar-refractivity contribution in [3.05, 3.63) is 103 Å². The molecule has 4 rings (SSSR count). The van der Waals surface area contributed by atoms with Gasteiger partial charge in [-0.1, -0.05) is 30.3 Å². The number of aryl methyl sites for hydroxylation is 1. The summed E-state index contributed by atoms with van der Waals surface area (Å²) in [5, 5.41) is 8.50. The van der Waals surface area contributed by atoms with Gasteiger partial charge in [0.25, 0.3) is 0 Å². The lowest BCUT2D eigenvalue weighted by molar-refractivity contribution is 0.250. The molecule has 0 atom stereocenters. The molecule has 206 valence electrons. The molecule has 9 nitrogen and oxygen atoms in total. The third-order valence-electron chi connectivity index (χ3n) is 5.92. The summed E-state index contributed by atoms with van der Waals surface area (Å²) in [5.74, 6) is 2.43. The number of urea groups is 2. The number of hydrogen-bond donors (Lipinski definition) is 3. The van der Waals surface area contributed by atoms with Crippen LogP contribution in [-0.4, -0.2) is 39.4 Å². The fraction of sp³-hybridized carbons (Fsp3) is 0.161. The van der Waals surface area contributed by atoms with Gasteiger partial charge in [-0.3, -0.25) is 4.90 Å². The molecule has 0 aliphatic heterocycles. The molecule has 0 saturated heterocycles. The van der Waals surface area contributed by atoms with Crippen LogP contribution >= 0.6 is 0 Å². The standard InChI is InChI=1S/C31H32N4O5/c1-22-8-7-9-23(20-22)33-31(37)35(24-12-14-26(15-13-24)40-25-10-5-4-6-11-25)19-18-32-30(36)34-28-17-16-27(38-2)21-29(28)39-3/h4-17,20-21H,18-19H2,1-3H3,(H,33,37)(H2,32,34,36). The predicted octanol–water partition coefficient (Wildman–Crippen LogP) is 6.66. The maximum absolute atomic E-state index is 13.3. The average molecular weight is 541 g/mol. The summed E-state index contributed by atoms with van der Waals surface area (Å²) in [7, 11) is 3.07. The number of anilines is 3. The second-order valence-electron chi connectivity index (χ2n) is 8.81. The molecule has 0 aliphatic carbocycles. The van der Waals surface area contributed by atoms with Crippen molar-refractivity contribution >= 4 is 29.1 Å². The number of nitrogens with one attached hydrogen (secondary N) is 3. The quantitative estimate of drug-likeness (QED) is 0.209. The van der Waals surface area contributed by atoms with Gasteiger partial charge in [-0.15, -0.1) is 0 Å². The number of hydrogen-bond acceptors (Lipinski definition) is 5. The molecule has 0 aromatic heterocycles. The molecule has 40 heavy (non-hydrogen) atoms. The van der Waals surface area contributed by atoms with E-state index in [0.717, 1.165) is 5.56 Å². The van der Waals surface area contributed by atoms with Gasteiger partial charge in [0, 0.05) is 30.5 Å². The van der Waals surface area contributed by atoms with Crippen LogP contribution in [0.4, 0.5) is 26.7 Å². The lowest BCUT2D eigenvalue weighted by atomic mass is 10.2. The first-order valence-electron chi connectivity index (χ1n) is 12.7. The molecule has 4 amide bonds. The molecule has 9 heteroatoms. The van der Waals surface area contributed by atoms with Gasteiger partial charge < -0.3 is 30.2 Å². The van der Waals surface area contributed by atoms with E-state index < -0.39 is 6.03 Å². The van der Waals surface area contributed by atoms with E-state index in [1.807, 2.05) is 61.5 Å². The van der Waals surface area contributed by atoms with Gasteiger partial charge in [-0.05, 0) is 73.2 Å². The fourth-order valence-corrected chi connectivity index (χ4v) is 3.93. The molecule has 0 aliphatic rings. The Bertz CT molecular complexity index is 1430. The Kier molecular flexibility index (Phi) is 9.44. The molecule has 0 heterocycles. The molecular weight excluding hydrogens is 508 g/mol. The maximum atomic E-state index is 13.3. The molecule has 0 fully saturated rings. The van der Waals surface area contributed by atoms with Gasteiger partial charge in [-0.25, -0.2) is 9.59 Å². The fourth-order valence-electron chi connectivity index (χ4n) is 3.93. The van der Waals surface area contributed by atoms with E-state index in [4.69, 9.17) is 14.2 Å². The van der Waals surface area contributed by atoms with Crippen LogP contribution in [-0.2, 0) is 0 Å². The largest absolute Gasteiger partial charge is 0.497 e. The number of benzene rings is 4. The average Bonchev–Trinajstić information content (AvgIpc) is 2.96. The monoisotopic (exact) mass is 540 g/mol. The Morgan fingerprint density at radius 2 is 1.48 bits per heavy atom. The molecule has 0 spiro atoms. The zero-order chi connectivity index (χ0) is 28.3. The first kappa shape index (κ1) is 27.8. The SMILES string of the molecule is COc1ccc(NC(=O)NCCN(C(=O)Nc2cccc(C)c2)c2ccc(Oc3ccccc3)cc2)c(OC)c1. The van der Waals surface area contributed by atoms with E-state index in [1.165, 1.54) is 7.11 Å². The smallest absolute Gasteiger partial charge is 0.326 e. The highest BCUT2D eigenvalue weighted by Gasteiger charge is 2.17. The van der Waals surface area contributed by atoms with Crippen LogP contribution in [0.5, 0.6) is 23.0 Å². The molecular formula is C31H32N4O5. The van der Waals surface area contributed by atoms with Gasteiger partial charge in [0.1, 0.15) is 23.0 Å². The van der Waals surface area contributed by atoms with Crippen molar-refractivity contribution in [3.63, 3.8) is 0 Å². The summed E-state index contributed by atoms with van der Waals surface area (Å²) >= 11 is 0. The number of para-hydroxylation sites is 1. The van der Waals surface area contributed by atoms with Crippen LogP contribution in [0.25, 0.3) is 0 Å². The molecule has 4 aromatic carbocycles. The van der Waals surface area contributed by atoms with Gasteiger partial charge in [0.05, 0.1) is 19.9 Å². The summed E-state index contributed by atoms with van der Waals surface area (Å²) in [6.07, 6.45) is 0. The van der Waals surface area contributed by atoms with Crippen molar-refractivity contribution in [1.82, 2.24) is 5.32 Å². The Balaban J connectivity index is 1.44. The van der Waals surface area contributed by atoms with Crippen molar-refractivity contribution in [2.75, 3.05) is 42.8 Å². The molecule has 0 bridgehead atoms. The Labute approximate surface area is 233 Å². The molecule has 0 unspecified atom stereocenters. The van der Waals surface area contributed by atoms with E-state index in [9.17, 15) is 9.59 Å². The number of nitrogens with zero attached hydrogens (tertiary/aromatic N) is 1. The minimum absolute atomic E-state index is 0.188. The van der Waals surface area contributed by atoms with E-state index in [0.29, 0.717) is 40.1 Å². The van der Waals surface area contributed by atoms with Crippen LogP contribution < -0.4 is 35.1 Å².